The Hall–Kier alpha value is -1.40. The van der Waals surface area contributed by atoms with E-state index in [2.05, 4.69) is 38.3 Å². The highest BCUT2D eigenvalue weighted by Crippen LogP contribution is 2.20. The minimum Gasteiger partial charge on any atom is -0.481 e. The molecule has 0 aliphatic heterocycles. The molecule has 5 nitrogen and oxygen atoms in total. The minimum absolute atomic E-state index is 0.171. The Bertz CT molecular complexity index is 555. The number of halogens is 1. The molecular formula is C13H17BrN4O. The predicted octanol–water partition coefficient (Wildman–Crippen LogP) is 2.44. The molecule has 0 aromatic carbocycles. The first-order chi connectivity index (χ1) is 9.10. The van der Waals surface area contributed by atoms with Crippen LogP contribution in [0, 0.1) is 0 Å². The molecule has 0 saturated heterocycles. The molecule has 102 valence electrons. The van der Waals surface area contributed by atoms with E-state index in [9.17, 15) is 0 Å². The average Bonchev–Trinajstić information content (AvgIpc) is 2.83. The van der Waals surface area contributed by atoms with Gasteiger partial charge in [-0.15, -0.1) is 0 Å². The van der Waals surface area contributed by atoms with Crippen LogP contribution in [0.4, 0.5) is 0 Å². The Labute approximate surface area is 121 Å². The van der Waals surface area contributed by atoms with Crippen molar-refractivity contribution in [3.05, 3.63) is 40.3 Å². The van der Waals surface area contributed by atoms with Gasteiger partial charge in [0.1, 0.15) is 0 Å². The van der Waals surface area contributed by atoms with E-state index in [1.54, 1.807) is 18.0 Å². The Balaban J connectivity index is 2.04. The van der Waals surface area contributed by atoms with Crippen molar-refractivity contribution in [2.24, 2.45) is 7.05 Å². The summed E-state index contributed by atoms with van der Waals surface area (Å²) in [5, 5.41) is 7.79. The molecule has 6 heteroatoms. The number of hydrogen-bond acceptors (Lipinski definition) is 4. The maximum absolute atomic E-state index is 5.25. The van der Waals surface area contributed by atoms with Crippen LogP contribution in [0.1, 0.15) is 24.2 Å². The van der Waals surface area contributed by atoms with Crippen molar-refractivity contribution in [3.63, 3.8) is 0 Å². The summed E-state index contributed by atoms with van der Waals surface area (Å²) < 4.78 is 7.99. The maximum Gasteiger partial charge on any atom is 0.217 e. The van der Waals surface area contributed by atoms with E-state index in [4.69, 9.17) is 4.74 Å². The topological polar surface area (TPSA) is 52.0 Å². The summed E-state index contributed by atoms with van der Waals surface area (Å²) in [6, 6.07) is 4.18. The Morgan fingerprint density at radius 1 is 1.53 bits per heavy atom. The van der Waals surface area contributed by atoms with Gasteiger partial charge in [0, 0.05) is 42.1 Å². The van der Waals surface area contributed by atoms with Crippen molar-refractivity contribution in [1.29, 1.82) is 0 Å². The van der Waals surface area contributed by atoms with Crippen LogP contribution in [-0.2, 0) is 13.6 Å². The summed E-state index contributed by atoms with van der Waals surface area (Å²) in [6.45, 7) is 2.76. The van der Waals surface area contributed by atoms with Crippen molar-refractivity contribution >= 4 is 15.9 Å². The number of ether oxygens (including phenoxy) is 1. The highest BCUT2D eigenvalue weighted by atomic mass is 79.9. The molecule has 0 radical (unpaired) electrons. The molecule has 2 aromatic heterocycles. The fourth-order valence-corrected chi connectivity index (χ4v) is 2.19. The number of rotatable bonds is 5. The Kier molecular flexibility index (Phi) is 4.55. The first kappa shape index (κ1) is 14.0. The lowest BCUT2D eigenvalue weighted by atomic mass is 10.2. The van der Waals surface area contributed by atoms with Gasteiger partial charge in [-0.2, -0.15) is 5.10 Å². The number of pyridine rings is 1. The second kappa shape index (κ2) is 6.16. The van der Waals surface area contributed by atoms with Gasteiger partial charge in [0.2, 0.25) is 5.88 Å². The summed E-state index contributed by atoms with van der Waals surface area (Å²) in [5.74, 6) is 0.643. The lowest BCUT2D eigenvalue weighted by Crippen LogP contribution is -2.19. The number of aromatic nitrogens is 3. The van der Waals surface area contributed by atoms with Crippen LogP contribution in [0.15, 0.2) is 29.0 Å². The summed E-state index contributed by atoms with van der Waals surface area (Å²) in [6.07, 6.45) is 3.67. The molecule has 19 heavy (non-hydrogen) atoms. The van der Waals surface area contributed by atoms with Gasteiger partial charge in [-0.1, -0.05) is 0 Å². The van der Waals surface area contributed by atoms with Gasteiger partial charge in [-0.25, -0.2) is 4.98 Å². The lowest BCUT2D eigenvalue weighted by Gasteiger charge is -2.13. The summed E-state index contributed by atoms with van der Waals surface area (Å²) in [4.78, 5) is 4.22. The van der Waals surface area contributed by atoms with Crippen LogP contribution in [0.5, 0.6) is 5.88 Å². The van der Waals surface area contributed by atoms with Gasteiger partial charge < -0.3 is 10.1 Å². The fraction of sp³-hybridized carbons (Fsp3) is 0.385. The fourth-order valence-electron chi connectivity index (χ4n) is 1.81. The van der Waals surface area contributed by atoms with Crippen LogP contribution in [0.3, 0.4) is 0 Å². The molecule has 0 fully saturated rings. The Morgan fingerprint density at radius 3 is 2.95 bits per heavy atom. The highest BCUT2D eigenvalue weighted by Gasteiger charge is 2.10. The van der Waals surface area contributed by atoms with E-state index >= 15 is 0 Å². The summed E-state index contributed by atoms with van der Waals surface area (Å²) >= 11 is 3.42. The molecule has 2 rings (SSSR count). The summed E-state index contributed by atoms with van der Waals surface area (Å²) in [7, 11) is 3.54. The first-order valence-electron chi connectivity index (χ1n) is 6.01. The van der Waals surface area contributed by atoms with Crippen LogP contribution >= 0.6 is 15.9 Å². The first-order valence-corrected chi connectivity index (χ1v) is 6.81. The second-order valence-electron chi connectivity index (χ2n) is 4.34. The van der Waals surface area contributed by atoms with E-state index in [1.807, 2.05) is 25.4 Å². The third kappa shape index (κ3) is 3.54. The van der Waals surface area contributed by atoms with Crippen molar-refractivity contribution in [2.45, 2.75) is 19.5 Å². The smallest absolute Gasteiger partial charge is 0.217 e. The Morgan fingerprint density at radius 2 is 2.32 bits per heavy atom. The molecule has 0 bridgehead atoms. The molecule has 1 N–H and O–H groups in total. The lowest BCUT2D eigenvalue weighted by molar-refractivity contribution is 0.388. The van der Waals surface area contributed by atoms with Gasteiger partial charge in [0.05, 0.1) is 12.8 Å². The predicted molar refractivity (Wildman–Crippen MR) is 77.0 cm³/mol. The standard InChI is InChI=1S/C13H17BrN4O/c1-9(12-4-5-18(2)17-12)15-7-10-6-11(14)8-16-13(10)19-3/h4-6,8-9,15H,7H2,1-3H3. The zero-order valence-corrected chi connectivity index (χ0v) is 12.8. The van der Waals surface area contributed by atoms with E-state index in [-0.39, 0.29) is 6.04 Å². The molecule has 0 aliphatic carbocycles. The maximum atomic E-state index is 5.25. The second-order valence-corrected chi connectivity index (χ2v) is 5.25. The molecular weight excluding hydrogens is 308 g/mol. The van der Waals surface area contributed by atoms with E-state index < -0.39 is 0 Å². The third-order valence-electron chi connectivity index (χ3n) is 2.86. The van der Waals surface area contributed by atoms with Crippen LogP contribution in [0.2, 0.25) is 0 Å². The molecule has 0 spiro atoms. The highest BCUT2D eigenvalue weighted by molar-refractivity contribution is 9.10. The molecule has 0 amide bonds. The number of nitrogens with one attached hydrogen (secondary N) is 1. The molecule has 2 aromatic rings. The van der Waals surface area contributed by atoms with Gasteiger partial charge >= 0.3 is 0 Å². The monoisotopic (exact) mass is 324 g/mol. The van der Waals surface area contributed by atoms with Crippen LogP contribution < -0.4 is 10.1 Å². The molecule has 0 aliphatic rings. The van der Waals surface area contributed by atoms with E-state index in [0.29, 0.717) is 12.4 Å². The zero-order chi connectivity index (χ0) is 13.8. The van der Waals surface area contributed by atoms with Crippen molar-refractivity contribution in [3.8, 4) is 5.88 Å². The quantitative estimate of drug-likeness (QED) is 0.917. The normalized spacial score (nSPS) is 12.4. The van der Waals surface area contributed by atoms with Gasteiger partial charge in [-0.05, 0) is 35.0 Å². The molecule has 0 saturated carbocycles. The third-order valence-corrected chi connectivity index (χ3v) is 3.30. The number of hydrogen-bond donors (Lipinski definition) is 1. The minimum atomic E-state index is 0.171. The van der Waals surface area contributed by atoms with E-state index in [1.165, 1.54) is 0 Å². The van der Waals surface area contributed by atoms with Crippen molar-refractivity contribution in [1.82, 2.24) is 20.1 Å². The average molecular weight is 325 g/mol. The van der Waals surface area contributed by atoms with Crippen LogP contribution in [0.25, 0.3) is 0 Å². The van der Waals surface area contributed by atoms with E-state index in [0.717, 1.165) is 15.7 Å². The van der Waals surface area contributed by atoms with Crippen molar-refractivity contribution < 1.29 is 4.74 Å². The molecule has 2 heterocycles. The SMILES string of the molecule is COc1ncc(Br)cc1CNC(C)c1ccn(C)n1. The van der Waals surface area contributed by atoms with Gasteiger partial charge in [-0.3, -0.25) is 4.68 Å². The van der Waals surface area contributed by atoms with Gasteiger partial charge in [0.25, 0.3) is 0 Å². The van der Waals surface area contributed by atoms with Crippen LogP contribution in [-0.4, -0.2) is 21.9 Å². The number of nitrogens with zero attached hydrogens (tertiary/aromatic N) is 3. The number of methoxy groups -OCH3 is 1. The molecule has 1 unspecified atom stereocenters. The largest absolute Gasteiger partial charge is 0.481 e. The van der Waals surface area contributed by atoms with Gasteiger partial charge in [0.15, 0.2) is 0 Å². The molecule has 1 atom stereocenters. The summed E-state index contributed by atoms with van der Waals surface area (Å²) in [5.41, 5.74) is 2.03. The number of aryl methyl sites for hydroxylation is 1. The van der Waals surface area contributed by atoms with Crippen molar-refractivity contribution in [2.75, 3.05) is 7.11 Å². The zero-order valence-electron chi connectivity index (χ0n) is 11.2.